The summed E-state index contributed by atoms with van der Waals surface area (Å²) in [5.74, 6) is 0. The summed E-state index contributed by atoms with van der Waals surface area (Å²) in [6.07, 6.45) is 2.23. The van der Waals surface area contributed by atoms with Gasteiger partial charge in [-0.1, -0.05) is 43.1 Å². The molecule has 0 aliphatic carbocycles. The highest BCUT2D eigenvalue weighted by Gasteiger charge is 2.33. The Balaban J connectivity index is 2.28. The van der Waals surface area contributed by atoms with Crippen LogP contribution in [0.25, 0.3) is 0 Å². The topological polar surface area (TPSA) is 15.3 Å². The number of rotatable bonds is 3. The standard InChI is InChI=1S/C14H20Cl2N2/c1-3-14(4-2)10-18(9-8-17-14)13-11(15)6-5-7-12(13)16/h5-7,17H,3-4,8-10H2,1-2H3. The number of anilines is 1. The predicted molar refractivity (Wildman–Crippen MR) is 80.0 cm³/mol. The maximum Gasteiger partial charge on any atom is 0.0746 e. The molecular formula is C14H20Cl2N2. The van der Waals surface area contributed by atoms with E-state index in [0.29, 0.717) is 0 Å². The minimum absolute atomic E-state index is 0.181. The van der Waals surface area contributed by atoms with Crippen molar-refractivity contribution in [2.75, 3.05) is 24.5 Å². The van der Waals surface area contributed by atoms with Gasteiger partial charge in [0.1, 0.15) is 0 Å². The van der Waals surface area contributed by atoms with Gasteiger partial charge in [-0.05, 0) is 25.0 Å². The zero-order valence-corrected chi connectivity index (χ0v) is 12.5. The van der Waals surface area contributed by atoms with E-state index in [0.717, 1.165) is 48.2 Å². The predicted octanol–water partition coefficient (Wildman–Crippen LogP) is 3.96. The van der Waals surface area contributed by atoms with Crippen molar-refractivity contribution in [2.24, 2.45) is 0 Å². The Morgan fingerprint density at radius 3 is 2.39 bits per heavy atom. The zero-order valence-electron chi connectivity index (χ0n) is 11.0. The van der Waals surface area contributed by atoms with Crippen molar-refractivity contribution in [3.63, 3.8) is 0 Å². The van der Waals surface area contributed by atoms with E-state index in [1.165, 1.54) is 0 Å². The molecule has 0 atom stereocenters. The monoisotopic (exact) mass is 286 g/mol. The third-order valence-corrected chi connectivity index (χ3v) is 4.59. The quantitative estimate of drug-likeness (QED) is 0.905. The number of para-hydroxylation sites is 1. The Morgan fingerprint density at radius 1 is 1.22 bits per heavy atom. The van der Waals surface area contributed by atoms with E-state index in [9.17, 15) is 0 Å². The molecule has 2 rings (SSSR count). The van der Waals surface area contributed by atoms with Gasteiger partial charge in [-0.2, -0.15) is 0 Å². The third kappa shape index (κ3) is 2.61. The molecule has 1 aromatic carbocycles. The van der Waals surface area contributed by atoms with Crippen molar-refractivity contribution in [2.45, 2.75) is 32.2 Å². The molecule has 1 saturated heterocycles. The van der Waals surface area contributed by atoms with Gasteiger partial charge in [-0.25, -0.2) is 0 Å². The van der Waals surface area contributed by atoms with Gasteiger partial charge >= 0.3 is 0 Å². The van der Waals surface area contributed by atoms with E-state index in [2.05, 4.69) is 24.1 Å². The Bertz CT molecular complexity index is 396. The van der Waals surface area contributed by atoms with Crippen LogP contribution in [0.1, 0.15) is 26.7 Å². The largest absolute Gasteiger partial charge is 0.366 e. The fourth-order valence-corrected chi connectivity index (χ4v) is 3.30. The second-order valence-electron chi connectivity index (χ2n) is 4.91. The maximum atomic E-state index is 6.30. The Labute approximate surface area is 119 Å². The first-order valence-electron chi connectivity index (χ1n) is 6.56. The first kappa shape index (κ1) is 14.0. The van der Waals surface area contributed by atoms with Crippen molar-refractivity contribution in [1.82, 2.24) is 5.32 Å². The summed E-state index contributed by atoms with van der Waals surface area (Å²) in [6.45, 7) is 7.35. The van der Waals surface area contributed by atoms with Crippen molar-refractivity contribution in [1.29, 1.82) is 0 Å². The lowest BCUT2D eigenvalue weighted by Crippen LogP contribution is -2.60. The molecule has 1 aliphatic heterocycles. The molecule has 1 aromatic rings. The molecule has 100 valence electrons. The van der Waals surface area contributed by atoms with Gasteiger partial charge in [0.25, 0.3) is 0 Å². The molecular weight excluding hydrogens is 267 g/mol. The van der Waals surface area contributed by atoms with Crippen molar-refractivity contribution in [3.8, 4) is 0 Å². The van der Waals surface area contributed by atoms with E-state index in [1.807, 2.05) is 18.2 Å². The lowest BCUT2D eigenvalue weighted by atomic mass is 9.90. The highest BCUT2D eigenvalue weighted by atomic mass is 35.5. The van der Waals surface area contributed by atoms with E-state index in [1.54, 1.807) is 0 Å². The smallest absolute Gasteiger partial charge is 0.0746 e. The molecule has 0 aromatic heterocycles. The molecule has 4 heteroatoms. The lowest BCUT2D eigenvalue weighted by Gasteiger charge is -2.44. The van der Waals surface area contributed by atoms with E-state index >= 15 is 0 Å². The van der Waals surface area contributed by atoms with Crippen LogP contribution in [-0.4, -0.2) is 25.2 Å². The molecule has 1 N–H and O–H groups in total. The number of nitrogens with one attached hydrogen (secondary N) is 1. The summed E-state index contributed by atoms with van der Waals surface area (Å²) < 4.78 is 0. The van der Waals surface area contributed by atoms with Crippen LogP contribution in [0.2, 0.25) is 10.0 Å². The van der Waals surface area contributed by atoms with Gasteiger partial charge in [0.05, 0.1) is 15.7 Å². The number of hydrogen-bond acceptors (Lipinski definition) is 2. The number of benzene rings is 1. The fraction of sp³-hybridized carbons (Fsp3) is 0.571. The van der Waals surface area contributed by atoms with Gasteiger partial charge < -0.3 is 10.2 Å². The van der Waals surface area contributed by atoms with Crippen LogP contribution >= 0.6 is 23.2 Å². The summed E-state index contributed by atoms with van der Waals surface area (Å²) in [4.78, 5) is 2.31. The van der Waals surface area contributed by atoms with Crippen LogP contribution in [0.4, 0.5) is 5.69 Å². The number of hydrogen-bond donors (Lipinski definition) is 1. The van der Waals surface area contributed by atoms with Gasteiger partial charge in [-0.15, -0.1) is 0 Å². The number of nitrogens with zero attached hydrogens (tertiary/aromatic N) is 1. The molecule has 1 aliphatic rings. The number of piperazine rings is 1. The fourth-order valence-electron chi connectivity index (χ4n) is 2.66. The first-order chi connectivity index (χ1) is 8.62. The van der Waals surface area contributed by atoms with E-state index in [-0.39, 0.29) is 5.54 Å². The molecule has 0 saturated carbocycles. The zero-order chi connectivity index (χ0) is 13.2. The minimum atomic E-state index is 0.181. The second-order valence-corrected chi connectivity index (χ2v) is 5.72. The van der Waals surface area contributed by atoms with Gasteiger partial charge in [0, 0.05) is 25.2 Å². The minimum Gasteiger partial charge on any atom is -0.366 e. The van der Waals surface area contributed by atoms with Gasteiger partial charge in [-0.3, -0.25) is 0 Å². The lowest BCUT2D eigenvalue weighted by molar-refractivity contribution is 0.277. The molecule has 0 spiro atoms. The van der Waals surface area contributed by atoms with E-state index < -0.39 is 0 Å². The highest BCUT2D eigenvalue weighted by Crippen LogP contribution is 2.35. The molecule has 1 heterocycles. The van der Waals surface area contributed by atoms with Gasteiger partial charge in [0.2, 0.25) is 0 Å². The Morgan fingerprint density at radius 2 is 1.83 bits per heavy atom. The molecule has 0 amide bonds. The summed E-state index contributed by atoms with van der Waals surface area (Å²) in [5, 5.41) is 5.13. The van der Waals surface area contributed by atoms with Crippen LogP contribution in [0.3, 0.4) is 0 Å². The number of halogens is 2. The van der Waals surface area contributed by atoms with E-state index in [4.69, 9.17) is 23.2 Å². The maximum absolute atomic E-state index is 6.30. The highest BCUT2D eigenvalue weighted by molar-refractivity contribution is 6.39. The van der Waals surface area contributed by atoms with Gasteiger partial charge in [0.15, 0.2) is 0 Å². The Kier molecular flexibility index (Phi) is 4.41. The molecule has 0 bridgehead atoms. The second kappa shape index (κ2) is 5.68. The first-order valence-corrected chi connectivity index (χ1v) is 7.31. The summed E-state index contributed by atoms with van der Waals surface area (Å²) in [5.41, 5.74) is 1.16. The van der Waals surface area contributed by atoms with Crippen LogP contribution < -0.4 is 10.2 Å². The van der Waals surface area contributed by atoms with Crippen molar-refractivity contribution in [3.05, 3.63) is 28.2 Å². The van der Waals surface area contributed by atoms with Crippen molar-refractivity contribution < 1.29 is 0 Å². The van der Waals surface area contributed by atoms with Crippen LogP contribution in [0.5, 0.6) is 0 Å². The van der Waals surface area contributed by atoms with Crippen LogP contribution in [0, 0.1) is 0 Å². The third-order valence-electron chi connectivity index (χ3n) is 3.98. The summed E-state index contributed by atoms with van der Waals surface area (Å²) in [7, 11) is 0. The van der Waals surface area contributed by atoms with Crippen molar-refractivity contribution >= 4 is 28.9 Å². The summed E-state index contributed by atoms with van der Waals surface area (Å²) >= 11 is 12.6. The molecule has 1 fully saturated rings. The average molecular weight is 287 g/mol. The molecule has 0 radical (unpaired) electrons. The summed E-state index contributed by atoms with van der Waals surface area (Å²) in [6, 6.07) is 5.71. The molecule has 0 unspecified atom stereocenters. The molecule has 18 heavy (non-hydrogen) atoms. The SMILES string of the molecule is CCC1(CC)CN(c2c(Cl)cccc2Cl)CCN1. The molecule has 2 nitrogen and oxygen atoms in total. The average Bonchev–Trinajstić information content (AvgIpc) is 2.39. The van der Waals surface area contributed by atoms with Crippen LogP contribution in [0.15, 0.2) is 18.2 Å². The van der Waals surface area contributed by atoms with Crippen LogP contribution in [-0.2, 0) is 0 Å². The Hall–Kier alpha value is -0.440. The normalized spacial score (nSPS) is 19.0.